The molecule has 0 radical (unpaired) electrons. The molecule has 2 aromatic carbocycles. The molecular weight excluding hydrogens is 338 g/mol. The Balaban J connectivity index is 1.63. The zero-order chi connectivity index (χ0) is 19.6. The number of benzene rings is 2. The molecule has 0 unspecified atom stereocenters. The van der Waals surface area contributed by atoms with Crippen molar-refractivity contribution < 1.29 is 14.3 Å². The summed E-state index contributed by atoms with van der Waals surface area (Å²) < 4.78 is 11.7. The van der Waals surface area contributed by atoms with Crippen LogP contribution in [0.4, 0.5) is 0 Å². The fourth-order valence-corrected chi connectivity index (χ4v) is 3.42. The average molecular weight is 367 g/mol. The van der Waals surface area contributed by atoms with Gasteiger partial charge >= 0.3 is 0 Å². The third kappa shape index (κ3) is 4.82. The maximum absolute atomic E-state index is 12.5. The van der Waals surface area contributed by atoms with Crippen molar-refractivity contribution in [2.24, 2.45) is 0 Å². The Kier molecular flexibility index (Phi) is 5.45. The zero-order valence-electron chi connectivity index (χ0n) is 16.8. The Morgan fingerprint density at radius 3 is 2.59 bits per heavy atom. The van der Waals surface area contributed by atoms with Gasteiger partial charge in [0.1, 0.15) is 17.1 Å². The van der Waals surface area contributed by atoms with Crippen molar-refractivity contribution in [2.45, 2.75) is 58.6 Å². The van der Waals surface area contributed by atoms with Gasteiger partial charge in [0, 0.05) is 12.0 Å². The quantitative estimate of drug-likeness (QED) is 0.816. The Morgan fingerprint density at radius 2 is 1.93 bits per heavy atom. The lowest BCUT2D eigenvalue weighted by molar-refractivity contribution is -0.124. The van der Waals surface area contributed by atoms with Crippen LogP contribution in [-0.2, 0) is 4.79 Å². The maximum Gasteiger partial charge on any atom is 0.258 e. The van der Waals surface area contributed by atoms with Gasteiger partial charge in [-0.15, -0.1) is 0 Å². The van der Waals surface area contributed by atoms with Gasteiger partial charge in [-0.25, -0.2) is 0 Å². The van der Waals surface area contributed by atoms with Crippen LogP contribution in [0.25, 0.3) is 0 Å². The van der Waals surface area contributed by atoms with E-state index in [1.807, 2.05) is 63.2 Å². The van der Waals surface area contributed by atoms with Gasteiger partial charge in [-0.2, -0.15) is 0 Å². The van der Waals surface area contributed by atoms with Crippen molar-refractivity contribution in [3.63, 3.8) is 0 Å². The molecule has 1 amide bonds. The van der Waals surface area contributed by atoms with Gasteiger partial charge in [0.2, 0.25) is 0 Å². The SMILES string of the molecule is Cc1ccc2c(c1)OC(C)(C)C[C@@H]2NC(=O)COc1ccc(C(C)C)cc1. The molecule has 2 aromatic rings. The molecule has 4 nitrogen and oxygen atoms in total. The number of carbonyl (C=O) groups is 1. The van der Waals surface area contributed by atoms with E-state index in [1.54, 1.807) is 0 Å². The van der Waals surface area contributed by atoms with Crippen LogP contribution in [0.2, 0.25) is 0 Å². The van der Waals surface area contributed by atoms with Crippen LogP contribution >= 0.6 is 0 Å². The molecule has 1 heterocycles. The highest BCUT2D eigenvalue weighted by molar-refractivity contribution is 5.78. The minimum atomic E-state index is -0.327. The van der Waals surface area contributed by atoms with Crippen molar-refractivity contribution in [2.75, 3.05) is 6.61 Å². The van der Waals surface area contributed by atoms with Crippen molar-refractivity contribution in [3.8, 4) is 11.5 Å². The number of nitrogens with one attached hydrogen (secondary N) is 1. The third-order valence-corrected chi connectivity index (χ3v) is 4.88. The third-order valence-electron chi connectivity index (χ3n) is 4.88. The van der Waals surface area contributed by atoms with Crippen LogP contribution in [-0.4, -0.2) is 18.1 Å². The summed E-state index contributed by atoms with van der Waals surface area (Å²) in [7, 11) is 0. The second kappa shape index (κ2) is 7.63. The summed E-state index contributed by atoms with van der Waals surface area (Å²) in [5.41, 5.74) is 3.09. The summed E-state index contributed by atoms with van der Waals surface area (Å²) in [6.45, 7) is 10.4. The van der Waals surface area contributed by atoms with E-state index in [2.05, 4.69) is 19.2 Å². The van der Waals surface area contributed by atoms with Gasteiger partial charge in [0.05, 0.1) is 6.04 Å². The molecule has 0 fully saturated rings. The van der Waals surface area contributed by atoms with Crippen molar-refractivity contribution >= 4 is 5.91 Å². The van der Waals surface area contributed by atoms with Gasteiger partial charge in [-0.05, 0) is 56.0 Å². The summed E-state index contributed by atoms with van der Waals surface area (Å²) in [5, 5.41) is 3.11. The molecule has 4 heteroatoms. The number of carbonyl (C=O) groups excluding carboxylic acids is 1. The number of aryl methyl sites for hydroxylation is 1. The second-order valence-electron chi connectivity index (χ2n) is 8.24. The van der Waals surface area contributed by atoms with Crippen LogP contribution in [0.5, 0.6) is 11.5 Å². The van der Waals surface area contributed by atoms with Crippen molar-refractivity contribution in [1.82, 2.24) is 5.32 Å². The summed E-state index contributed by atoms with van der Waals surface area (Å²) in [4.78, 5) is 12.5. The molecule has 1 N–H and O–H groups in total. The molecule has 3 rings (SSSR count). The summed E-state index contributed by atoms with van der Waals surface area (Å²) in [6.07, 6.45) is 0.720. The average Bonchev–Trinajstić information content (AvgIpc) is 2.59. The first-order chi connectivity index (χ1) is 12.7. The highest BCUT2D eigenvalue weighted by atomic mass is 16.5. The van der Waals surface area contributed by atoms with Crippen molar-refractivity contribution in [3.05, 3.63) is 59.2 Å². The maximum atomic E-state index is 12.5. The topological polar surface area (TPSA) is 47.6 Å². The molecule has 1 aliphatic rings. The van der Waals surface area contributed by atoms with Crippen LogP contribution in [0.1, 0.15) is 62.8 Å². The van der Waals surface area contributed by atoms with Crippen LogP contribution < -0.4 is 14.8 Å². The highest BCUT2D eigenvalue weighted by Gasteiger charge is 2.34. The first-order valence-electron chi connectivity index (χ1n) is 9.55. The number of hydrogen-bond donors (Lipinski definition) is 1. The minimum Gasteiger partial charge on any atom is -0.487 e. The number of fused-ring (bicyclic) bond motifs is 1. The van der Waals surface area contributed by atoms with E-state index in [0.717, 1.165) is 23.3 Å². The van der Waals surface area contributed by atoms with Crippen LogP contribution in [0.15, 0.2) is 42.5 Å². The lowest BCUT2D eigenvalue weighted by Crippen LogP contribution is -2.42. The molecule has 0 bridgehead atoms. The smallest absolute Gasteiger partial charge is 0.258 e. The molecular formula is C23H29NO3. The Bertz CT molecular complexity index is 809. The fraction of sp³-hybridized carbons (Fsp3) is 0.435. The fourth-order valence-electron chi connectivity index (χ4n) is 3.42. The molecule has 0 saturated carbocycles. The number of ether oxygens (including phenoxy) is 2. The summed E-state index contributed by atoms with van der Waals surface area (Å²) >= 11 is 0. The zero-order valence-corrected chi connectivity index (χ0v) is 16.8. The van der Waals surface area contributed by atoms with E-state index >= 15 is 0 Å². The predicted molar refractivity (Wildman–Crippen MR) is 107 cm³/mol. The second-order valence-corrected chi connectivity index (χ2v) is 8.24. The molecule has 1 aliphatic heterocycles. The number of hydrogen-bond acceptors (Lipinski definition) is 3. The minimum absolute atomic E-state index is 0.00000559. The van der Waals surface area contributed by atoms with E-state index in [0.29, 0.717) is 11.7 Å². The van der Waals surface area contributed by atoms with E-state index in [1.165, 1.54) is 5.56 Å². The first-order valence-corrected chi connectivity index (χ1v) is 9.55. The number of amides is 1. The van der Waals surface area contributed by atoms with E-state index in [9.17, 15) is 4.79 Å². The van der Waals surface area contributed by atoms with Crippen molar-refractivity contribution in [1.29, 1.82) is 0 Å². The van der Waals surface area contributed by atoms with Gasteiger partial charge in [0.25, 0.3) is 5.91 Å². The van der Waals surface area contributed by atoms with Gasteiger partial charge in [-0.3, -0.25) is 4.79 Å². The Morgan fingerprint density at radius 1 is 1.22 bits per heavy atom. The normalized spacial score (nSPS) is 17.8. The number of rotatable bonds is 5. The molecule has 1 atom stereocenters. The molecule has 0 spiro atoms. The first kappa shape index (κ1) is 19.3. The largest absolute Gasteiger partial charge is 0.487 e. The van der Waals surface area contributed by atoms with E-state index in [-0.39, 0.29) is 24.2 Å². The van der Waals surface area contributed by atoms with Gasteiger partial charge in [0.15, 0.2) is 6.61 Å². The van der Waals surface area contributed by atoms with Crippen LogP contribution in [0, 0.1) is 6.92 Å². The standard InChI is InChI=1S/C23H29NO3/c1-15(2)17-7-9-18(10-8-17)26-14-22(25)24-20-13-23(4,5)27-21-12-16(3)6-11-19(20)21/h6-12,15,20H,13-14H2,1-5H3,(H,24,25)/t20-/m0/s1. The lowest BCUT2D eigenvalue weighted by Gasteiger charge is -2.38. The summed E-state index contributed by atoms with van der Waals surface area (Å²) in [6, 6.07) is 13.9. The summed E-state index contributed by atoms with van der Waals surface area (Å²) in [5.74, 6) is 1.90. The Labute approximate surface area is 161 Å². The highest BCUT2D eigenvalue weighted by Crippen LogP contribution is 2.39. The van der Waals surface area contributed by atoms with E-state index in [4.69, 9.17) is 9.47 Å². The molecule has 0 saturated heterocycles. The monoisotopic (exact) mass is 367 g/mol. The lowest BCUT2D eigenvalue weighted by atomic mass is 9.89. The molecule has 27 heavy (non-hydrogen) atoms. The molecule has 0 aromatic heterocycles. The Hall–Kier alpha value is -2.49. The van der Waals surface area contributed by atoms with Gasteiger partial charge in [-0.1, -0.05) is 38.1 Å². The van der Waals surface area contributed by atoms with Gasteiger partial charge < -0.3 is 14.8 Å². The molecule has 0 aliphatic carbocycles. The van der Waals surface area contributed by atoms with Crippen LogP contribution in [0.3, 0.4) is 0 Å². The predicted octanol–water partition coefficient (Wildman–Crippen LogP) is 4.92. The molecule has 144 valence electrons. The van der Waals surface area contributed by atoms with E-state index < -0.39 is 0 Å².